The van der Waals surface area contributed by atoms with Crippen LogP contribution < -0.4 is 10.2 Å². The molecule has 20 heavy (non-hydrogen) atoms. The molecule has 1 aliphatic heterocycles. The van der Waals surface area contributed by atoms with Gasteiger partial charge in [-0.2, -0.15) is 0 Å². The van der Waals surface area contributed by atoms with Crippen LogP contribution in [0, 0.1) is 5.41 Å². The number of piperidine rings is 1. The Morgan fingerprint density at radius 1 is 1.25 bits per heavy atom. The van der Waals surface area contributed by atoms with Crippen LogP contribution >= 0.6 is 11.6 Å². The first kappa shape index (κ1) is 15.7. The largest absolute Gasteiger partial charge is 0.371 e. The second-order valence-electron chi connectivity index (χ2n) is 6.17. The van der Waals surface area contributed by atoms with Crippen molar-refractivity contribution in [1.29, 1.82) is 0 Å². The topological polar surface area (TPSA) is 15.3 Å². The molecular weight excluding hydrogens is 268 g/mol. The summed E-state index contributed by atoms with van der Waals surface area (Å²) in [6.07, 6.45) is 3.83. The van der Waals surface area contributed by atoms with Crippen molar-refractivity contribution in [2.75, 3.05) is 24.5 Å². The Balaban J connectivity index is 2.15. The van der Waals surface area contributed by atoms with Crippen molar-refractivity contribution in [2.24, 2.45) is 5.41 Å². The number of halogens is 1. The van der Waals surface area contributed by atoms with Gasteiger partial charge in [0, 0.05) is 35.9 Å². The molecule has 1 fully saturated rings. The number of anilines is 1. The van der Waals surface area contributed by atoms with Gasteiger partial charge in [-0.1, -0.05) is 44.9 Å². The van der Waals surface area contributed by atoms with Crippen LogP contribution in [-0.2, 0) is 6.54 Å². The lowest BCUT2D eigenvalue weighted by atomic mass is 9.78. The van der Waals surface area contributed by atoms with Crippen molar-refractivity contribution < 1.29 is 0 Å². The van der Waals surface area contributed by atoms with Gasteiger partial charge in [-0.25, -0.2) is 0 Å². The maximum atomic E-state index is 6.40. The van der Waals surface area contributed by atoms with Crippen LogP contribution in [-0.4, -0.2) is 19.6 Å². The van der Waals surface area contributed by atoms with Gasteiger partial charge in [-0.05, 0) is 36.9 Å². The van der Waals surface area contributed by atoms with Gasteiger partial charge in [0.15, 0.2) is 0 Å². The molecule has 0 aromatic heterocycles. The summed E-state index contributed by atoms with van der Waals surface area (Å²) in [6.45, 7) is 11.0. The van der Waals surface area contributed by atoms with Crippen molar-refractivity contribution in [3.8, 4) is 0 Å². The van der Waals surface area contributed by atoms with Crippen LogP contribution in [0.5, 0.6) is 0 Å². The molecule has 0 unspecified atom stereocenters. The fourth-order valence-electron chi connectivity index (χ4n) is 2.91. The highest BCUT2D eigenvalue weighted by molar-refractivity contribution is 6.31. The molecule has 2 nitrogen and oxygen atoms in total. The molecule has 0 amide bonds. The summed E-state index contributed by atoms with van der Waals surface area (Å²) < 4.78 is 0. The Kier molecular flexibility index (Phi) is 5.34. The Bertz CT molecular complexity index is 437. The quantitative estimate of drug-likeness (QED) is 0.862. The fourth-order valence-corrected chi connectivity index (χ4v) is 3.15. The summed E-state index contributed by atoms with van der Waals surface area (Å²) >= 11 is 6.40. The van der Waals surface area contributed by atoms with Crippen LogP contribution in [0.3, 0.4) is 0 Å². The van der Waals surface area contributed by atoms with E-state index in [1.54, 1.807) is 0 Å². The van der Waals surface area contributed by atoms with Crippen LogP contribution in [0.1, 0.15) is 45.6 Å². The zero-order chi connectivity index (χ0) is 14.6. The Hall–Kier alpha value is -0.730. The Labute approximate surface area is 128 Å². The molecule has 1 aromatic carbocycles. The number of hydrogen-bond donors (Lipinski definition) is 1. The molecule has 1 heterocycles. The van der Waals surface area contributed by atoms with Crippen molar-refractivity contribution in [1.82, 2.24) is 5.32 Å². The smallest absolute Gasteiger partial charge is 0.0471 e. The SMILES string of the molecule is CCNCc1c(Cl)cccc1N1CCC(C)(CC)CC1. The van der Waals surface area contributed by atoms with E-state index in [1.165, 1.54) is 30.5 Å². The predicted molar refractivity (Wildman–Crippen MR) is 88.7 cm³/mol. The molecule has 1 aliphatic rings. The van der Waals surface area contributed by atoms with Crippen molar-refractivity contribution in [2.45, 2.75) is 46.6 Å². The van der Waals surface area contributed by atoms with Crippen LogP contribution in [0.4, 0.5) is 5.69 Å². The van der Waals surface area contributed by atoms with E-state index in [1.807, 2.05) is 6.07 Å². The minimum absolute atomic E-state index is 0.525. The molecule has 0 saturated carbocycles. The Morgan fingerprint density at radius 2 is 1.95 bits per heavy atom. The van der Waals surface area contributed by atoms with E-state index < -0.39 is 0 Å². The standard InChI is InChI=1S/C17H27ClN2/c1-4-17(3)9-11-20(12-10-17)16-8-6-7-15(18)14(16)13-19-5-2/h6-8,19H,4-5,9-13H2,1-3H3. The third-order valence-corrected chi connectivity index (χ3v) is 5.16. The fraction of sp³-hybridized carbons (Fsp3) is 0.647. The third-order valence-electron chi connectivity index (χ3n) is 4.81. The highest BCUT2D eigenvalue weighted by Crippen LogP contribution is 2.37. The lowest BCUT2D eigenvalue weighted by molar-refractivity contribution is 0.238. The minimum atomic E-state index is 0.525. The lowest BCUT2D eigenvalue weighted by Crippen LogP contribution is -2.39. The summed E-state index contributed by atoms with van der Waals surface area (Å²) in [5.74, 6) is 0. The van der Waals surface area contributed by atoms with Gasteiger partial charge < -0.3 is 10.2 Å². The average molecular weight is 295 g/mol. The number of hydrogen-bond acceptors (Lipinski definition) is 2. The molecule has 0 spiro atoms. The summed E-state index contributed by atoms with van der Waals surface area (Å²) in [5.41, 5.74) is 3.09. The Morgan fingerprint density at radius 3 is 2.55 bits per heavy atom. The third kappa shape index (κ3) is 3.48. The van der Waals surface area contributed by atoms with Crippen LogP contribution in [0.25, 0.3) is 0 Å². The molecule has 1 aromatic rings. The van der Waals surface area contributed by atoms with E-state index in [4.69, 9.17) is 11.6 Å². The van der Waals surface area contributed by atoms with Gasteiger partial charge in [0.05, 0.1) is 0 Å². The summed E-state index contributed by atoms with van der Waals surface area (Å²) in [5, 5.41) is 4.28. The van der Waals surface area contributed by atoms with Crippen molar-refractivity contribution in [3.63, 3.8) is 0 Å². The van der Waals surface area contributed by atoms with Gasteiger partial charge in [0.2, 0.25) is 0 Å². The molecule has 0 radical (unpaired) electrons. The molecular formula is C17H27ClN2. The highest BCUT2D eigenvalue weighted by Gasteiger charge is 2.29. The van der Waals surface area contributed by atoms with Gasteiger partial charge in [-0.3, -0.25) is 0 Å². The zero-order valence-corrected chi connectivity index (χ0v) is 13.8. The summed E-state index contributed by atoms with van der Waals surface area (Å²) in [7, 11) is 0. The predicted octanol–water partition coefficient (Wildman–Crippen LogP) is 4.47. The van der Waals surface area contributed by atoms with Gasteiger partial charge in [0.1, 0.15) is 0 Å². The average Bonchev–Trinajstić information content (AvgIpc) is 2.47. The van der Waals surface area contributed by atoms with Gasteiger partial charge in [0.25, 0.3) is 0 Å². The second kappa shape index (κ2) is 6.82. The highest BCUT2D eigenvalue weighted by atomic mass is 35.5. The van der Waals surface area contributed by atoms with E-state index in [9.17, 15) is 0 Å². The number of benzene rings is 1. The molecule has 3 heteroatoms. The van der Waals surface area contributed by atoms with Crippen LogP contribution in [0.15, 0.2) is 18.2 Å². The molecule has 1 saturated heterocycles. The first-order valence-electron chi connectivity index (χ1n) is 7.82. The van der Waals surface area contributed by atoms with E-state index in [2.05, 4.69) is 43.1 Å². The van der Waals surface area contributed by atoms with Crippen molar-refractivity contribution >= 4 is 17.3 Å². The van der Waals surface area contributed by atoms with Gasteiger partial charge >= 0.3 is 0 Å². The maximum Gasteiger partial charge on any atom is 0.0471 e. The summed E-state index contributed by atoms with van der Waals surface area (Å²) in [6, 6.07) is 6.28. The molecule has 2 rings (SSSR count). The number of nitrogens with zero attached hydrogens (tertiary/aromatic N) is 1. The maximum absolute atomic E-state index is 6.40. The molecule has 0 atom stereocenters. The number of nitrogens with one attached hydrogen (secondary N) is 1. The van der Waals surface area contributed by atoms with Crippen LogP contribution in [0.2, 0.25) is 5.02 Å². The second-order valence-corrected chi connectivity index (χ2v) is 6.58. The minimum Gasteiger partial charge on any atom is -0.371 e. The normalized spacial score (nSPS) is 18.3. The first-order chi connectivity index (χ1) is 9.59. The molecule has 1 N–H and O–H groups in total. The van der Waals surface area contributed by atoms with E-state index in [-0.39, 0.29) is 0 Å². The van der Waals surface area contributed by atoms with E-state index >= 15 is 0 Å². The summed E-state index contributed by atoms with van der Waals surface area (Å²) in [4.78, 5) is 2.51. The lowest BCUT2D eigenvalue weighted by Gasteiger charge is -2.40. The van der Waals surface area contributed by atoms with Crippen molar-refractivity contribution in [3.05, 3.63) is 28.8 Å². The monoisotopic (exact) mass is 294 g/mol. The van der Waals surface area contributed by atoms with E-state index in [0.717, 1.165) is 31.2 Å². The molecule has 0 bridgehead atoms. The number of rotatable bonds is 5. The first-order valence-corrected chi connectivity index (χ1v) is 8.20. The zero-order valence-electron chi connectivity index (χ0n) is 13.0. The van der Waals surface area contributed by atoms with E-state index in [0.29, 0.717) is 5.41 Å². The molecule has 112 valence electrons. The van der Waals surface area contributed by atoms with Gasteiger partial charge in [-0.15, -0.1) is 0 Å². The molecule has 0 aliphatic carbocycles.